The van der Waals surface area contributed by atoms with Crippen molar-refractivity contribution in [3.05, 3.63) is 23.1 Å². The van der Waals surface area contributed by atoms with Crippen molar-refractivity contribution in [2.75, 3.05) is 19.7 Å². The average molecular weight is 440 g/mol. The smallest absolute Gasteiger partial charge is 0.330 e. The van der Waals surface area contributed by atoms with Gasteiger partial charge in [0, 0.05) is 6.08 Å². The average Bonchev–Trinajstić information content (AvgIpc) is 2.68. The lowest BCUT2D eigenvalue weighted by Gasteiger charge is -2.41. The maximum atomic E-state index is 11.8. The Morgan fingerprint density at radius 1 is 1.00 bits per heavy atom. The number of carbonyl (C=O) groups excluding carboxylic acids is 3. The zero-order chi connectivity index (χ0) is 22.8. The zero-order valence-corrected chi connectivity index (χ0v) is 15.7. The largest absolute Gasteiger partial charge is 0.600 e. The molecule has 1 rings (SSSR count). The molecular weight excluding hydrogens is 416 g/mol. The summed E-state index contributed by atoms with van der Waals surface area (Å²) in [6, 6.07) is 0. The van der Waals surface area contributed by atoms with Gasteiger partial charge in [-0.05, 0) is 0 Å². The molecule has 0 aromatic heterocycles. The van der Waals surface area contributed by atoms with Crippen molar-refractivity contribution < 1.29 is 64.4 Å². The van der Waals surface area contributed by atoms with Gasteiger partial charge in [-0.2, -0.15) is 0 Å². The van der Waals surface area contributed by atoms with Gasteiger partial charge >= 0.3 is 17.9 Å². The Kier molecular flexibility index (Phi) is 10.7. The van der Waals surface area contributed by atoms with Gasteiger partial charge in [0.2, 0.25) is 0 Å². The van der Waals surface area contributed by atoms with Crippen molar-refractivity contribution in [3.63, 3.8) is 0 Å². The number of nitrogens with one attached hydrogen (secondary N) is 2. The fourth-order valence-electron chi connectivity index (χ4n) is 2.36. The van der Waals surface area contributed by atoms with Crippen molar-refractivity contribution in [1.29, 1.82) is 0 Å². The highest BCUT2D eigenvalue weighted by Gasteiger charge is 2.49. The van der Waals surface area contributed by atoms with Gasteiger partial charge in [0.1, 0.15) is 31.9 Å². The number of aliphatic hydroxyl groups excluding tert-OH is 2. The van der Waals surface area contributed by atoms with Crippen LogP contribution in [0, 0.1) is 10.4 Å². The first-order chi connectivity index (χ1) is 14.0. The van der Waals surface area contributed by atoms with Crippen LogP contribution in [0.25, 0.3) is 0 Å². The number of carbonyl (C=O) groups is 3. The molecule has 0 aromatic rings. The molecule has 0 amide bonds. The Balaban J connectivity index is 2.80. The van der Waals surface area contributed by atoms with Crippen LogP contribution in [0.3, 0.4) is 0 Å². The summed E-state index contributed by atoms with van der Waals surface area (Å²) in [5, 5.41) is 56.1. The molecule has 1 aliphatic rings. The van der Waals surface area contributed by atoms with E-state index in [1.165, 1.54) is 0 Å². The van der Waals surface area contributed by atoms with Gasteiger partial charge in [0.15, 0.2) is 18.5 Å². The molecule has 1 fully saturated rings. The molecular formula is C15H24N2O13. The van der Waals surface area contributed by atoms with E-state index in [1.807, 2.05) is 0 Å². The first-order valence-electron chi connectivity index (χ1n) is 8.68. The number of hydroxylamine groups is 4. The van der Waals surface area contributed by atoms with E-state index in [2.05, 4.69) is 6.58 Å². The van der Waals surface area contributed by atoms with Crippen LogP contribution in [0.2, 0.25) is 0 Å². The molecule has 15 nitrogen and oxygen atoms in total. The topological polar surface area (TPSA) is 224 Å². The Labute approximate surface area is 169 Å². The Bertz CT molecular complexity index is 599. The second kappa shape index (κ2) is 12.5. The number of aliphatic hydroxyl groups is 2. The van der Waals surface area contributed by atoms with E-state index in [0.29, 0.717) is 0 Å². The predicted molar refractivity (Wildman–Crippen MR) is 89.0 cm³/mol. The molecule has 0 spiro atoms. The number of ether oxygens (including phenoxy) is 4. The van der Waals surface area contributed by atoms with Gasteiger partial charge in [-0.1, -0.05) is 6.58 Å². The summed E-state index contributed by atoms with van der Waals surface area (Å²) in [5.74, 6) is -3.00. The molecule has 7 unspecified atom stereocenters. The van der Waals surface area contributed by atoms with E-state index in [1.54, 1.807) is 0 Å². The fraction of sp³-hybridized carbons (Fsp3) is 0.667. The highest BCUT2D eigenvalue weighted by atomic mass is 16.8. The van der Waals surface area contributed by atoms with Crippen molar-refractivity contribution in [3.8, 4) is 0 Å². The van der Waals surface area contributed by atoms with Crippen LogP contribution < -0.4 is 10.5 Å². The summed E-state index contributed by atoms with van der Waals surface area (Å²) >= 11 is 0. The summed E-state index contributed by atoms with van der Waals surface area (Å²) in [6.45, 7) is 1.51. The highest BCUT2D eigenvalue weighted by molar-refractivity contribution is 5.81. The van der Waals surface area contributed by atoms with E-state index in [0.717, 1.165) is 6.08 Å². The Morgan fingerprint density at radius 3 is 2.10 bits per heavy atom. The number of quaternary nitrogens is 2. The monoisotopic (exact) mass is 440 g/mol. The molecule has 15 heteroatoms. The lowest BCUT2D eigenvalue weighted by Crippen LogP contribution is -3.04. The molecule has 0 aromatic carbocycles. The van der Waals surface area contributed by atoms with E-state index in [9.17, 15) is 35.0 Å². The Morgan fingerprint density at radius 2 is 1.57 bits per heavy atom. The zero-order valence-electron chi connectivity index (χ0n) is 15.7. The molecule has 0 saturated carbocycles. The lowest BCUT2D eigenvalue weighted by atomic mass is 9.98. The molecule has 172 valence electrons. The maximum Gasteiger partial charge on any atom is 0.330 e. The minimum atomic E-state index is -1.92. The van der Waals surface area contributed by atoms with Crippen molar-refractivity contribution in [1.82, 2.24) is 0 Å². The van der Waals surface area contributed by atoms with Gasteiger partial charge in [-0.3, -0.25) is 9.59 Å². The molecule has 1 aliphatic heterocycles. The molecule has 1 heterocycles. The third kappa shape index (κ3) is 8.66. The Hall–Kier alpha value is -2.21. The maximum absolute atomic E-state index is 11.8. The second-order valence-electron chi connectivity index (χ2n) is 6.09. The third-order valence-corrected chi connectivity index (χ3v) is 3.82. The van der Waals surface area contributed by atoms with Crippen molar-refractivity contribution >= 4 is 17.9 Å². The summed E-state index contributed by atoms with van der Waals surface area (Å²) in [5.41, 5.74) is 0. The summed E-state index contributed by atoms with van der Waals surface area (Å²) < 4.78 is 19.7. The minimum Gasteiger partial charge on any atom is -0.600 e. The van der Waals surface area contributed by atoms with Crippen LogP contribution in [0.15, 0.2) is 12.7 Å². The molecule has 0 bridgehead atoms. The van der Waals surface area contributed by atoms with Gasteiger partial charge in [0.25, 0.3) is 0 Å². The van der Waals surface area contributed by atoms with E-state index in [4.69, 9.17) is 29.4 Å². The molecule has 6 N–H and O–H groups in total. The summed E-state index contributed by atoms with van der Waals surface area (Å²) in [4.78, 5) is 34.9. The van der Waals surface area contributed by atoms with E-state index < -0.39 is 91.6 Å². The van der Waals surface area contributed by atoms with Gasteiger partial charge in [-0.15, -0.1) is 0 Å². The van der Waals surface area contributed by atoms with Crippen molar-refractivity contribution in [2.24, 2.45) is 0 Å². The van der Waals surface area contributed by atoms with Crippen LogP contribution in [0.1, 0.15) is 12.8 Å². The summed E-state index contributed by atoms with van der Waals surface area (Å²) in [7, 11) is 0. The summed E-state index contributed by atoms with van der Waals surface area (Å²) in [6.07, 6.45) is -8.68. The highest BCUT2D eigenvalue weighted by Crippen LogP contribution is 2.26. The molecule has 1 saturated heterocycles. The van der Waals surface area contributed by atoms with Crippen LogP contribution >= 0.6 is 0 Å². The van der Waals surface area contributed by atoms with Crippen LogP contribution in [0.4, 0.5) is 0 Å². The van der Waals surface area contributed by atoms with Gasteiger partial charge in [0.05, 0.1) is 12.8 Å². The SMILES string of the molecule is C=CC(=O)OC1C(O)C(COC(=O)CC[NH+]([O-])O)OC(O)C1OC(=O)CC[NH+]([O-])O. The molecule has 0 aliphatic carbocycles. The van der Waals surface area contributed by atoms with Crippen LogP contribution in [0.5, 0.6) is 0 Å². The third-order valence-electron chi connectivity index (χ3n) is 3.82. The second-order valence-corrected chi connectivity index (χ2v) is 6.09. The molecule has 7 atom stereocenters. The van der Waals surface area contributed by atoms with E-state index >= 15 is 0 Å². The number of hydrogen-bond donors (Lipinski definition) is 6. The van der Waals surface area contributed by atoms with Gasteiger partial charge < -0.3 is 39.6 Å². The van der Waals surface area contributed by atoms with E-state index in [-0.39, 0.29) is 0 Å². The van der Waals surface area contributed by atoms with Crippen LogP contribution in [-0.4, -0.2) is 88.9 Å². The fourth-order valence-corrected chi connectivity index (χ4v) is 2.36. The number of hydrogen-bond acceptors (Lipinski definition) is 13. The number of rotatable bonds is 11. The quantitative estimate of drug-likeness (QED) is 0.0766. The van der Waals surface area contributed by atoms with Gasteiger partial charge in [-0.25, -0.2) is 25.7 Å². The van der Waals surface area contributed by atoms with Crippen LogP contribution in [-0.2, 0) is 33.3 Å². The first-order valence-corrected chi connectivity index (χ1v) is 8.68. The molecule has 0 radical (unpaired) electrons. The normalized spacial score (nSPS) is 28.1. The lowest BCUT2D eigenvalue weighted by molar-refractivity contribution is -1.05. The minimum absolute atomic E-state index is 0.445. The predicted octanol–water partition coefficient (Wildman–Crippen LogP) is -5.06. The van der Waals surface area contributed by atoms with Crippen molar-refractivity contribution in [2.45, 2.75) is 43.5 Å². The molecule has 30 heavy (non-hydrogen) atoms. The standard InChI is InChI=1S/C15H24N2O13/c1-2-9(18)29-13-12(21)8(7-27-10(19)3-5-16(23)24)28-15(22)14(13)30-11(20)4-6-17(25)26/h2,8,12-17,21-23,25H,1,3-7H2. The number of esters is 3. The first kappa shape index (κ1) is 25.8.